The molecule has 2 amide bonds. The first-order valence-corrected chi connectivity index (χ1v) is 7.78. The second-order valence-corrected chi connectivity index (χ2v) is 6.38. The fourth-order valence-corrected chi connectivity index (χ4v) is 3.59. The highest BCUT2D eigenvalue weighted by Crippen LogP contribution is 2.36. The van der Waals surface area contributed by atoms with Gasteiger partial charge in [-0.1, -0.05) is 15.9 Å². The van der Waals surface area contributed by atoms with Crippen LogP contribution in [0.4, 0.5) is 4.79 Å². The largest absolute Gasteiger partial charge is 0.492 e. The van der Waals surface area contributed by atoms with Crippen molar-refractivity contribution in [2.45, 2.75) is 6.92 Å². The van der Waals surface area contributed by atoms with E-state index in [0.29, 0.717) is 17.3 Å². The summed E-state index contributed by atoms with van der Waals surface area (Å²) < 4.78 is 7.19. The van der Waals surface area contributed by atoms with Crippen LogP contribution >= 0.6 is 43.6 Å². The lowest BCUT2D eigenvalue weighted by atomic mass is 10.2. The molecule has 1 aliphatic heterocycles. The number of hydrogen-bond acceptors (Lipinski definition) is 4. The Morgan fingerprint density at radius 2 is 2.11 bits per heavy atom. The molecule has 1 N–H and O–H groups in total. The number of thioether (sulfide) groups is 1. The van der Waals surface area contributed by atoms with E-state index in [9.17, 15) is 9.59 Å². The van der Waals surface area contributed by atoms with E-state index in [1.807, 2.05) is 19.1 Å². The van der Waals surface area contributed by atoms with E-state index < -0.39 is 0 Å². The summed E-state index contributed by atoms with van der Waals surface area (Å²) in [6.07, 6.45) is 1.64. The molecular weight excluding hydrogens is 398 g/mol. The number of rotatable bonds is 3. The van der Waals surface area contributed by atoms with Crippen molar-refractivity contribution in [3.63, 3.8) is 0 Å². The standard InChI is InChI=1S/C12H9Br2NO3S/c1-2-18-10-6(3-7(13)5-8(10)14)4-9-11(16)15-12(17)19-9/h3-5H,2H2,1H3,(H,15,16,17)/b9-4-. The van der Waals surface area contributed by atoms with Crippen molar-refractivity contribution >= 4 is 60.8 Å². The lowest BCUT2D eigenvalue weighted by molar-refractivity contribution is -0.115. The van der Waals surface area contributed by atoms with E-state index in [1.54, 1.807) is 6.08 Å². The predicted octanol–water partition coefficient (Wildman–Crippen LogP) is 3.93. The Morgan fingerprint density at radius 3 is 2.68 bits per heavy atom. The number of hydrogen-bond donors (Lipinski definition) is 1. The maximum atomic E-state index is 11.5. The Bertz CT molecular complexity index is 587. The van der Waals surface area contributed by atoms with Gasteiger partial charge in [-0.25, -0.2) is 0 Å². The van der Waals surface area contributed by atoms with Crippen LogP contribution in [0.2, 0.25) is 0 Å². The zero-order valence-electron chi connectivity index (χ0n) is 9.83. The number of carbonyl (C=O) groups is 2. The van der Waals surface area contributed by atoms with Gasteiger partial charge in [-0.2, -0.15) is 0 Å². The van der Waals surface area contributed by atoms with Gasteiger partial charge in [0, 0.05) is 10.0 Å². The Kier molecular flexibility index (Phi) is 4.70. The fraction of sp³-hybridized carbons (Fsp3) is 0.167. The van der Waals surface area contributed by atoms with Crippen LogP contribution in [0.5, 0.6) is 5.75 Å². The van der Waals surface area contributed by atoms with Gasteiger partial charge < -0.3 is 4.74 Å². The number of ether oxygens (including phenoxy) is 1. The van der Waals surface area contributed by atoms with Gasteiger partial charge in [-0.15, -0.1) is 0 Å². The Hall–Kier alpha value is -0.790. The quantitative estimate of drug-likeness (QED) is 0.772. The van der Waals surface area contributed by atoms with E-state index in [2.05, 4.69) is 37.2 Å². The maximum Gasteiger partial charge on any atom is 0.290 e. The van der Waals surface area contributed by atoms with Gasteiger partial charge >= 0.3 is 0 Å². The molecule has 1 aromatic carbocycles. The molecule has 19 heavy (non-hydrogen) atoms. The fourth-order valence-electron chi connectivity index (χ4n) is 1.55. The van der Waals surface area contributed by atoms with Crippen molar-refractivity contribution < 1.29 is 14.3 Å². The molecule has 0 atom stereocenters. The molecule has 0 saturated carbocycles. The molecule has 4 nitrogen and oxygen atoms in total. The average molecular weight is 407 g/mol. The molecule has 0 unspecified atom stereocenters. The highest BCUT2D eigenvalue weighted by Gasteiger charge is 2.25. The highest BCUT2D eigenvalue weighted by molar-refractivity contribution is 9.11. The lowest BCUT2D eigenvalue weighted by Crippen LogP contribution is -2.17. The Morgan fingerprint density at radius 1 is 1.37 bits per heavy atom. The number of amides is 2. The first-order valence-electron chi connectivity index (χ1n) is 5.38. The van der Waals surface area contributed by atoms with Crippen LogP contribution in [0.3, 0.4) is 0 Å². The van der Waals surface area contributed by atoms with Crippen molar-refractivity contribution in [1.29, 1.82) is 0 Å². The minimum atomic E-state index is -0.381. The maximum absolute atomic E-state index is 11.5. The van der Waals surface area contributed by atoms with E-state index in [-0.39, 0.29) is 11.1 Å². The van der Waals surface area contributed by atoms with E-state index in [1.165, 1.54) is 0 Å². The average Bonchev–Trinajstić information content (AvgIpc) is 2.62. The van der Waals surface area contributed by atoms with Gasteiger partial charge in [-0.3, -0.25) is 14.9 Å². The topological polar surface area (TPSA) is 55.4 Å². The lowest BCUT2D eigenvalue weighted by Gasteiger charge is -2.10. The van der Waals surface area contributed by atoms with Gasteiger partial charge in [0.2, 0.25) is 0 Å². The smallest absolute Gasteiger partial charge is 0.290 e. The summed E-state index contributed by atoms with van der Waals surface area (Å²) in [6.45, 7) is 2.39. The van der Waals surface area contributed by atoms with E-state index in [4.69, 9.17) is 4.74 Å². The second kappa shape index (κ2) is 6.11. The van der Waals surface area contributed by atoms with E-state index >= 15 is 0 Å². The third kappa shape index (κ3) is 3.40. The molecule has 1 aromatic rings. The van der Waals surface area contributed by atoms with Crippen molar-refractivity contribution in [1.82, 2.24) is 5.32 Å². The summed E-state index contributed by atoms with van der Waals surface area (Å²) in [5, 5.41) is 1.86. The minimum absolute atomic E-state index is 0.357. The third-order valence-corrected chi connectivity index (χ3v) is 4.11. The number of halogens is 2. The Balaban J connectivity index is 2.46. The zero-order chi connectivity index (χ0) is 14.0. The van der Waals surface area contributed by atoms with Crippen LogP contribution in [-0.4, -0.2) is 17.8 Å². The number of carbonyl (C=O) groups excluding carboxylic acids is 2. The molecule has 0 aromatic heterocycles. The molecule has 100 valence electrons. The van der Waals surface area contributed by atoms with Crippen LogP contribution in [-0.2, 0) is 4.79 Å². The summed E-state index contributed by atoms with van der Waals surface area (Å²) in [7, 11) is 0. The van der Waals surface area contributed by atoms with Gasteiger partial charge in [0.15, 0.2) is 0 Å². The Labute approximate surface area is 131 Å². The number of benzene rings is 1. The first kappa shape index (κ1) is 14.6. The SMILES string of the molecule is CCOc1c(Br)cc(Br)cc1/C=C1\SC(=O)NC1=O. The molecular formula is C12H9Br2NO3S. The third-order valence-electron chi connectivity index (χ3n) is 2.25. The first-order chi connectivity index (χ1) is 9.01. The van der Waals surface area contributed by atoms with Crippen LogP contribution in [0.1, 0.15) is 12.5 Å². The summed E-state index contributed by atoms with van der Waals surface area (Å²) in [4.78, 5) is 23.0. The molecule has 0 spiro atoms. The normalized spacial score (nSPS) is 16.9. The molecule has 0 radical (unpaired) electrons. The second-order valence-electron chi connectivity index (χ2n) is 3.59. The van der Waals surface area contributed by atoms with Crippen molar-refractivity contribution in [3.05, 3.63) is 31.5 Å². The van der Waals surface area contributed by atoms with Crippen molar-refractivity contribution in [2.24, 2.45) is 0 Å². The van der Waals surface area contributed by atoms with Gasteiger partial charge in [0.25, 0.3) is 11.1 Å². The molecule has 2 rings (SSSR count). The van der Waals surface area contributed by atoms with Crippen molar-refractivity contribution in [2.75, 3.05) is 6.61 Å². The monoisotopic (exact) mass is 405 g/mol. The summed E-state index contributed by atoms with van der Waals surface area (Å²) in [5.74, 6) is 0.263. The molecule has 7 heteroatoms. The van der Waals surface area contributed by atoms with Gasteiger partial charge in [-0.05, 0) is 52.8 Å². The molecule has 0 bridgehead atoms. The van der Waals surface area contributed by atoms with Crippen LogP contribution < -0.4 is 10.1 Å². The molecule has 1 saturated heterocycles. The van der Waals surface area contributed by atoms with Crippen LogP contribution in [0.15, 0.2) is 26.0 Å². The number of imide groups is 1. The predicted molar refractivity (Wildman–Crippen MR) is 82.1 cm³/mol. The minimum Gasteiger partial charge on any atom is -0.492 e. The summed E-state index contributed by atoms with van der Waals surface area (Å²) in [6, 6.07) is 3.69. The van der Waals surface area contributed by atoms with Crippen molar-refractivity contribution in [3.8, 4) is 5.75 Å². The molecule has 1 aliphatic rings. The molecule has 1 heterocycles. The summed E-state index contributed by atoms with van der Waals surface area (Å²) in [5.41, 5.74) is 0.732. The highest BCUT2D eigenvalue weighted by atomic mass is 79.9. The molecule has 1 fully saturated rings. The molecule has 0 aliphatic carbocycles. The van der Waals surface area contributed by atoms with Gasteiger partial charge in [0.05, 0.1) is 16.0 Å². The van der Waals surface area contributed by atoms with Crippen LogP contribution in [0, 0.1) is 0 Å². The van der Waals surface area contributed by atoms with Gasteiger partial charge in [0.1, 0.15) is 5.75 Å². The van der Waals surface area contributed by atoms with E-state index in [0.717, 1.165) is 26.3 Å². The summed E-state index contributed by atoms with van der Waals surface area (Å²) >= 11 is 7.68. The number of nitrogens with one attached hydrogen (secondary N) is 1. The van der Waals surface area contributed by atoms with Crippen LogP contribution in [0.25, 0.3) is 6.08 Å². The zero-order valence-corrected chi connectivity index (χ0v) is 13.8.